The SMILES string of the molecule is COc1ccc(/C(C)=N\NC(=O)c2ccccc2O)c2ccccc12. The lowest BCUT2D eigenvalue weighted by Gasteiger charge is -2.10. The van der Waals surface area contributed by atoms with Crippen molar-refractivity contribution in [2.24, 2.45) is 5.10 Å². The molecule has 0 fully saturated rings. The van der Waals surface area contributed by atoms with Gasteiger partial charge in [-0.2, -0.15) is 5.10 Å². The van der Waals surface area contributed by atoms with E-state index in [0.29, 0.717) is 5.71 Å². The molecule has 5 heteroatoms. The smallest absolute Gasteiger partial charge is 0.275 e. The molecule has 0 aliphatic rings. The van der Waals surface area contributed by atoms with Gasteiger partial charge in [-0.1, -0.05) is 36.4 Å². The van der Waals surface area contributed by atoms with Gasteiger partial charge in [0.2, 0.25) is 0 Å². The number of carbonyl (C=O) groups excluding carboxylic acids is 1. The highest BCUT2D eigenvalue weighted by Gasteiger charge is 2.11. The number of phenolic OH excluding ortho intramolecular Hbond substituents is 1. The predicted octanol–water partition coefficient (Wildman–Crippen LogP) is 3.71. The third kappa shape index (κ3) is 3.30. The summed E-state index contributed by atoms with van der Waals surface area (Å²) in [6.07, 6.45) is 0. The van der Waals surface area contributed by atoms with Gasteiger partial charge in [-0.3, -0.25) is 4.79 Å². The summed E-state index contributed by atoms with van der Waals surface area (Å²) in [6.45, 7) is 1.82. The van der Waals surface area contributed by atoms with Crippen molar-refractivity contribution < 1.29 is 14.6 Å². The summed E-state index contributed by atoms with van der Waals surface area (Å²) in [4.78, 5) is 12.2. The second kappa shape index (κ2) is 7.05. The minimum atomic E-state index is -0.463. The van der Waals surface area contributed by atoms with Crippen LogP contribution >= 0.6 is 0 Å². The first kappa shape index (κ1) is 16.5. The Morgan fingerprint density at radius 2 is 1.64 bits per heavy atom. The molecule has 5 nitrogen and oxygen atoms in total. The van der Waals surface area contributed by atoms with Crippen molar-refractivity contribution in [3.8, 4) is 11.5 Å². The minimum Gasteiger partial charge on any atom is -0.507 e. The molecule has 0 radical (unpaired) electrons. The summed E-state index contributed by atoms with van der Waals surface area (Å²) in [5.41, 5.74) is 4.22. The van der Waals surface area contributed by atoms with E-state index in [1.807, 2.05) is 43.3 Å². The number of para-hydroxylation sites is 1. The number of nitrogens with one attached hydrogen (secondary N) is 1. The van der Waals surface area contributed by atoms with Gasteiger partial charge in [-0.25, -0.2) is 5.43 Å². The zero-order chi connectivity index (χ0) is 17.8. The first-order chi connectivity index (χ1) is 12.1. The van der Waals surface area contributed by atoms with E-state index >= 15 is 0 Å². The van der Waals surface area contributed by atoms with Crippen LogP contribution in [0.5, 0.6) is 11.5 Å². The van der Waals surface area contributed by atoms with Crippen molar-refractivity contribution in [3.63, 3.8) is 0 Å². The number of hydrazone groups is 1. The Morgan fingerprint density at radius 1 is 0.960 bits per heavy atom. The van der Waals surface area contributed by atoms with Crippen LogP contribution in [0.2, 0.25) is 0 Å². The average molecular weight is 334 g/mol. The summed E-state index contributed by atoms with van der Waals surface area (Å²) in [6, 6.07) is 18.0. The molecule has 0 aromatic heterocycles. The molecule has 3 rings (SSSR count). The van der Waals surface area contributed by atoms with E-state index in [9.17, 15) is 9.90 Å². The van der Waals surface area contributed by atoms with Crippen molar-refractivity contribution in [2.75, 3.05) is 7.11 Å². The van der Waals surface area contributed by atoms with Crippen LogP contribution in [0.25, 0.3) is 10.8 Å². The molecule has 0 saturated carbocycles. The van der Waals surface area contributed by atoms with E-state index in [1.165, 1.54) is 12.1 Å². The summed E-state index contributed by atoms with van der Waals surface area (Å²) in [7, 11) is 1.63. The Balaban J connectivity index is 1.92. The quantitative estimate of drug-likeness (QED) is 0.564. The van der Waals surface area contributed by atoms with Gasteiger partial charge in [0, 0.05) is 10.9 Å². The van der Waals surface area contributed by atoms with E-state index in [1.54, 1.807) is 19.2 Å². The van der Waals surface area contributed by atoms with E-state index in [-0.39, 0.29) is 11.3 Å². The van der Waals surface area contributed by atoms with E-state index in [0.717, 1.165) is 22.1 Å². The van der Waals surface area contributed by atoms with Gasteiger partial charge in [0.15, 0.2) is 0 Å². The number of nitrogens with zero attached hydrogens (tertiary/aromatic N) is 1. The van der Waals surface area contributed by atoms with Crippen LogP contribution in [-0.2, 0) is 0 Å². The lowest BCUT2D eigenvalue weighted by Crippen LogP contribution is -2.19. The monoisotopic (exact) mass is 334 g/mol. The van der Waals surface area contributed by atoms with Crippen LogP contribution in [0.1, 0.15) is 22.8 Å². The molecule has 0 saturated heterocycles. The van der Waals surface area contributed by atoms with Gasteiger partial charge in [-0.15, -0.1) is 0 Å². The lowest BCUT2D eigenvalue weighted by atomic mass is 10.0. The molecule has 0 unspecified atom stereocenters. The topological polar surface area (TPSA) is 70.9 Å². The van der Waals surface area contributed by atoms with Crippen molar-refractivity contribution in [1.82, 2.24) is 5.43 Å². The fraction of sp³-hybridized carbons (Fsp3) is 0.100. The highest BCUT2D eigenvalue weighted by Crippen LogP contribution is 2.28. The predicted molar refractivity (Wildman–Crippen MR) is 98.3 cm³/mol. The van der Waals surface area contributed by atoms with Crippen molar-refractivity contribution in [3.05, 3.63) is 71.8 Å². The fourth-order valence-electron chi connectivity index (χ4n) is 2.69. The number of hydrogen-bond donors (Lipinski definition) is 2. The molecule has 25 heavy (non-hydrogen) atoms. The summed E-state index contributed by atoms with van der Waals surface area (Å²) in [5.74, 6) is 0.239. The van der Waals surface area contributed by atoms with Gasteiger partial charge in [0.05, 0.1) is 18.4 Å². The normalized spacial score (nSPS) is 11.4. The zero-order valence-corrected chi connectivity index (χ0v) is 14.0. The van der Waals surface area contributed by atoms with Crippen LogP contribution in [0, 0.1) is 0 Å². The van der Waals surface area contributed by atoms with Gasteiger partial charge in [-0.05, 0) is 36.6 Å². The molecule has 0 bridgehead atoms. The molecule has 126 valence electrons. The first-order valence-electron chi connectivity index (χ1n) is 7.80. The van der Waals surface area contributed by atoms with Crippen LogP contribution in [0.15, 0.2) is 65.8 Å². The molecular weight excluding hydrogens is 316 g/mol. The van der Waals surface area contributed by atoms with Crippen molar-refractivity contribution in [2.45, 2.75) is 6.92 Å². The number of fused-ring (bicyclic) bond motifs is 1. The standard InChI is InChI=1S/C20H18N2O3/c1-13(21-22-20(24)17-9-5-6-10-18(17)23)14-11-12-19(25-2)16-8-4-3-7-15(14)16/h3-12,23H,1-2H3,(H,22,24)/b21-13-. The average Bonchev–Trinajstić information content (AvgIpc) is 2.65. The highest BCUT2D eigenvalue weighted by atomic mass is 16.5. The van der Waals surface area contributed by atoms with Crippen LogP contribution < -0.4 is 10.2 Å². The van der Waals surface area contributed by atoms with Gasteiger partial charge in [0.25, 0.3) is 5.91 Å². The zero-order valence-electron chi connectivity index (χ0n) is 14.0. The van der Waals surface area contributed by atoms with E-state index in [2.05, 4.69) is 10.5 Å². The molecule has 3 aromatic carbocycles. The third-order valence-corrected chi connectivity index (χ3v) is 3.97. The number of hydrogen-bond acceptors (Lipinski definition) is 4. The van der Waals surface area contributed by atoms with Gasteiger partial charge in [0.1, 0.15) is 11.5 Å². The molecule has 0 heterocycles. The Morgan fingerprint density at radius 3 is 2.36 bits per heavy atom. The van der Waals surface area contributed by atoms with Crippen LogP contribution in [-0.4, -0.2) is 23.8 Å². The number of benzene rings is 3. The van der Waals surface area contributed by atoms with E-state index < -0.39 is 5.91 Å². The molecule has 0 spiro atoms. The summed E-state index contributed by atoms with van der Waals surface area (Å²) < 4.78 is 5.39. The maximum absolute atomic E-state index is 12.2. The number of carbonyl (C=O) groups is 1. The Hall–Kier alpha value is -3.34. The van der Waals surface area contributed by atoms with Crippen molar-refractivity contribution in [1.29, 1.82) is 0 Å². The summed E-state index contributed by atoms with van der Waals surface area (Å²) >= 11 is 0. The third-order valence-electron chi connectivity index (χ3n) is 3.97. The first-order valence-corrected chi connectivity index (χ1v) is 7.80. The van der Waals surface area contributed by atoms with Crippen LogP contribution in [0.4, 0.5) is 0 Å². The highest BCUT2D eigenvalue weighted by molar-refractivity contribution is 6.11. The summed E-state index contributed by atoms with van der Waals surface area (Å²) in [5, 5.41) is 15.9. The molecule has 1 amide bonds. The Bertz CT molecular complexity index is 964. The minimum absolute atomic E-state index is 0.0808. The maximum atomic E-state index is 12.2. The Labute approximate surface area is 145 Å². The molecule has 0 atom stereocenters. The molecular formula is C20H18N2O3. The largest absolute Gasteiger partial charge is 0.507 e. The number of phenols is 1. The number of methoxy groups -OCH3 is 1. The molecule has 0 aliphatic heterocycles. The van der Waals surface area contributed by atoms with Gasteiger partial charge >= 0.3 is 0 Å². The maximum Gasteiger partial charge on any atom is 0.275 e. The Kier molecular flexibility index (Phi) is 4.66. The second-order valence-electron chi connectivity index (χ2n) is 5.52. The number of rotatable bonds is 4. The molecule has 0 aliphatic carbocycles. The second-order valence-corrected chi connectivity index (χ2v) is 5.52. The number of aromatic hydroxyl groups is 1. The molecule has 3 aromatic rings. The molecule has 2 N–H and O–H groups in total. The number of ether oxygens (including phenoxy) is 1. The van der Waals surface area contributed by atoms with Gasteiger partial charge < -0.3 is 9.84 Å². The van der Waals surface area contributed by atoms with Crippen LogP contribution in [0.3, 0.4) is 0 Å². The lowest BCUT2D eigenvalue weighted by molar-refractivity contribution is 0.0952. The fourth-order valence-corrected chi connectivity index (χ4v) is 2.69. The van der Waals surface area contributed by atoms with E-state index in [4.69, 9.17) is 4.74 Å². The number of amides is 1. The van der Waals surface area contributed by atoms with Crippen molar-refractivity contribution >= 4 is 22.4 Å².